The molecule has 30 heavy (non-hydrogen) atoms. The third kappa shape index (κ3) is 3.86. The van der Waals surface area contributed by atoms with E-state index in [9.17, 15) is 14.9 Å². The van der Waals surface area contributed by atoms with Crippen LogP contribution < -0.4 is 9.64 Å². The molecule has 1 fully saturated rings. The van der Waals surface area contributed by atoms with Crippen LogP contribution >= 0.6 is 0 Å². The van der Waals surface area contributed by atoms with E-state index in [4.69, 9.17) is 4.74 Å². The molecule has 8 heteroatoms. The van der Waals surface area contributed by atoms with Crippen LogP contribution in [0.1, 0.15) is 16.1 Å². The van der Waals surface area contributed by atoms with Gasteiger partial charge in [0.05, 0.1) is 18.6 Å². The molecule has 156 valence electrons. The minimum atomic E-state index is -0.393. The van der Waals surface area contributed by atoms with Crippen LogP contribution in [-0.2, 0) is 0 Å². The lowest BCUT2D eigenvalue weighted by molar-refractivity contribution is -0.384. The Hall–Kier alpha value is -3.39. The summed E-state index contributed by atoms with van der Waals surface area (Å²) in [6.45, 7) is 5.34. The van der Waals surface area contributed by atoms with Gasteiger partial charge in [-0.2, -0.15) is 0 Å². The average molecular weight is 408 g/mol. The van der Waals surface area contributed by atoms with Crippen molar-refractivity contribution in [3.8, 4) is 5.75 Å². The molecule has 0 aliphatic carbocycles. The number of Topliss-reactive ketones (excluding diaryl/α,β-unsaturated/α-hetero) is 1. The lowest BCUT2D eigenvalue weighted by Crippen LogP contribution is -2.48. The van der Waals surface area contributed by atoms with E-state index in [-0.39, 0.29) is 11.5 Å². The van der Waals surface area contributed by atoms with Crippen LogP contribution in [0.25, 0.3) is 10.9 Å². The van der Waals surface area contributed by atoms with Crippen molar-refractivity contribution in [1.82, 2.24) is 9.88 Å². The number of rotatable bonds is 6. The molecule has 1 aliphatic heterocycles. The molecule has 0 spiro atoms. The monoisotopic (exact) mass is 408 g/mol. The predicted molar refractivity (Wildman–Crippen MR) is 116 cm³/mol. The normalized spacial score (nSPS) is 14.8. The molecule has 4 rings (SSSR count). The number of ketones is 1. The Morgan fingerprint density at radius 1 is 1.13 bits per heavy atom. The highest BCUT2D eigenvalue weighted by atomic mass is 16.6. The average Bonchev–Trinajstić information content (AvgIpc) is 3.09. The van der Waals surface area contributed by atoms with Gasteiger partial charge in [0.2, 0.25) is 0 Å². The summed E-state index contributed by atoms with van der Waals surface area (Å²) in [6.07, 6.45) is 0. The molecule has 3 aromatic rings. The van der Waals surface area contributed by atoms with Crippen LogP contribution in [0.4, 0.5) is 11.4 Å². The molecule has 1 aromatic heterocycles. The molecule has 0 bridgehead atoms. The second kappa shape index (κ2) is 8.16. The van der Waals surface area contributed by atoms with Gasteiger partial charge in [0.15, 0.2) is 5.78 Å². The summed E-state index contributed by atoms with van der Waals surface area (Å²) in [6, 6.07) is 12.3. The summed E-state index contributed by atoms with van der Waals surface area (Å²) < 4.78 is 5.31. The fourth-order valence-corrected chi connectivity index (χ4v) is 4.02. The van der Waals surface area contributed by atoms with Gasteiger partial charge in [-0.15, -0.1) is 0 Å². The number of aromatic amines is 1. The second-order valence-corrected chi connectivity index (χ2v) is 7.50. The number of anilines is 1. The first-order valence-electron chi connectivity index (χ1n) is 9.87. The zero-order valence-corrected chi connectivity index (χ0v) is 17.1. The van der Waals surface area contributed by atoms with E-state index in [1.165, 1.54) is 12.1 Å². The standard InChI is InChI=1S/C22H24N4O4/c1-15-22(19-13-18(30-2)7-8-20(19)23-15)21(27)14-24-9-11-25(12-10-24)16-3-5-17(6-4-16)26(28)29/h3-8,13,23H,9-12,14H2,1-2H3. The molecule has 0 saturated carbocycles. The van der Waals surface area contributed by atoms with Crippen molar-refractivity contribution in [2.75, 3.05) is 44.7 Å². The number of fused-ring (bicyclic) bond motifs is 1. The Morgan fingerprint density at radius 2 is 1.83 bits per heavy atom. The van der Waals surface area contributed by atoms with Crippen LogP contribution in [-0.4, -0.2) is 60.4 Å². The van der Waals surface area contributed by atoms with Gasteiger partial charge in [-0.3, -0.25) is 19.8 Å². The van der Waals surface area contributed by atoms with Crippen molar-refractivity contribution in [3.63, 3.8) is 0 Å². The number of methoxy groups -OCH3 is 1. The Bertz CT molecular complexity index is 1080. The zero-order valence-electron chi connectivity index (χ0n) is 17.1. The molecule has 2 heterocycles. The number of nitrogens with one attached hydrogen (secondary N) is 1. The van der Waals surface area contributed by atoms with Crippen LogP contribution in [0.15, 0.2) is 42.5 Å². The maximum absolute atomic E-state index is 13.1. The number of carbonyl (C=O) groups excluding carboxylic acids is 1. The van der Waals surface area contributed by atoms with Crippen LogP contribution in [0.5, 0.6) is 5.75 Å². The van der Waals surface area contributed by atoms with E-state index < -0.39 is 4.92 Å². The number of aryl methyl sites for hydroxylation is 1. The lowest BCUT2D eigenvalue weighted by atomic mass is 10.1. The van der Waals surface area contributed by atoms with E-state index >= 15 is 0 Å². The molecule has 0 atom stereocenters. The number of non-ortho nitro benzene ring substituents is 1. The number of benzene rings is 2. The van der Waals surface area contributed by atoms with Crippen molar-refractivity contribution in [2.45, 2.75) is 6.92 Å². The lowest BCUT2D eigenvalue weighted by Gasteiger charge is -2.35. The first-order valence-corrected chi connectivity index (χ1v) is 9.87. The smallest absolute Gasteiger partial charge is 0.269 e. The fourth-order valence-electron chi connectivity index (χ4n) is 4.02. The number of H-pyrrole nitrogens is 1. The maximum atomic E-state index is 13.1. The Balaban J connectivity index is 1.42. The maximum Gasteiger partial charge on any atom is 0.269 e. The van der Waals surface area contributed by atoms with E-state index in [0.29, 0.717) is 6.54 Å². The summed E-state index contributed by atoms with van der Waals surface area (Å²) >= 11 is 0. The van der Waals surface area contributed by atoms with Crippen LogP contribution in [0.3, 0.4) is 0 Å². The highest BCUT2D eigenvalue weighted by Crippen LogP contribution is 2.27. The molecular formula is C22H24N4O4. The Morgan fingerprint density at radius 3 is 2.47 bits per heavy atom. The van der Waals surface area contributed by atoms with E-state index in [0.717, 1.165) is 59.8 Å². The third-order valence-electron chi connectivity index (χ3n) is 5.64. The quantitative estimate of drug-likeness (QED) is 0.382. The van der Waals surface area contributed by atoms with E-state index in [1.807, 2.05) is 25.1 Å². The van der Waals surface area contributed by atoms with Gasteiger partial charge >= 0.3 is 0 Å². The van der Waals surface area contributed by atoms with Gasteiger partial charge < -0.3 is 14.6 Å². The van der Waals surface area contributed by atoms with Crippen LogP contribution in [0, 0.1) is 17.0 Å². The van der Waals surface area contributed by atoms with Gasteiger partial charge in [-0.25, -0.2) is 0 Å². The summed E-state index contributed by atoms with van der Waals surface area (Å²) in [7, 11) is 1.62. The van der Waals surface area contributed by atoms with Gasteiger partial charge in [0.25, 0.3) is 5.69 Å². The predicted octanol–water partition coefficient (Wildman–Crippen LogP) is 3.40. The SMILES string of the molecule is COc1ccc2[nH]c(C)c(C(=O)CN3CCN(c4ccc([N+](=O)[O-])cc4)CC3)c2c1. The van der Waals surface area contributed by atoms with Gasteiger partial charge in [-0.1, -0.05) is 0 Å². The summed E-state index contributed by atoms with van der Waals surface area (Å²) in [4.78, 5) is 31.1. The van der Waals surface area contributed by atoms with E-state index in [2.05, 4.69) is 14.8 Å². The van der Waals surface area contributed by atoms with Gasteiger partial charge in [-0.05, 0) is 37.3 Å². The topological polar surface area (TPSA) is 91.7 Å². The molecule has 1 saturated heterocycles. The molecule has 1 N–H and O–H groups in total. The number of nitro benzene ring substituents is 1. The summed E-state index contributed by atoms with van der Waals surface area (Å²) in [5.74, 6) is 0.822. The number of ether oxygens (including phenoxy) is 1. The molecule has 0 amide bonds. The first-order chi connectivity index (χ1) is 14.5. The number of nitro groups is 1. The number of hydrogen-bond acceptors (Lipinski definition) is 6. The molecule has 1 aliphatic rings. The molecular weight excluding hydrogens is 384 g/mol. The van der Waals surface area contributed by atoms with Crippen LogP contribution in [0.2, 0.25) is 0 Å². The Kier molecular flexibility index (Phi) is 5.41. The second-order valence-electron chi connectivity index (χ2n) is 7.50. The number of piperazine rings is 1. The number of nitrogens with zero attached hydrogens (tertiary/aromatic N) is 3. The molecule has 2 aromatic carbocycles. The zero-order chi connectivity index (χ0) is 21.3. The van der Waals surface area contributed by atoms with Crippen molar-refractivity contribution in [1.29, 1.82) is 0 Å². The van der Waals surface area contributed by atoms with Crippen molar-refractivity contribution in [3.05, 3.63) is 63.8 Å². The highest BCUT2D eigenvalue weighted by Gasteiger charge is 2.23. The number of carbonyl (C=O) groups is 1. The number of hydrogen-bond donors (Lipinski definition) is 1. The third-order valence-corrected chi connectivity index (χ3v) is 5.64. The van der Waals surface area contributed by atoms with Crippen molar-refractivity contribution >= 4 is 28.1 Å². The summed E-state index contributed by atoms with van der Waals surface area (Å²) in [5.41, 5.74) is 3.58. The van der Waals surface area contributed by atoms with Crippen molar-refractivity contribution < 1.29 is 14.5 Å². The van der Waals surface area contributed by atoms with E-state index in [1.54, 1.807) is 19.2 Å². The van der Waals surface area contributed by atoms with Crippen molar-refractivity contribution in [2.24, 2.45) is 0 Å². The first kappa shape index (κ1) is 19.9. The summed E-state index contributed by atoms with van der Waals surface area (Å²) in [5, 5.41) is 11.7. The number of aromatic nitrogens is 1. The molecule has 0 unspecified atom stereocenters. The minimum Gasteiger partial charge on any atom is -0.497 e. The largest absolute Gasteiger partial charge is 0.497 e. The molecule has 8 nitrogen and oxygen atoms in total. The Labute approximate surface area is 174 Å². The minimum absolute atomic E-state index is 0.0914. The highest BCUT2D eigenvalue weighted by molar-refractivity contribution is 6.10. The molecule has 0 radical (unpaired) electrons. The fraction of sp³-hybridized carbons (Fsp3) is 0.318. The van der Waals surface area contributed by atoms with Gasteiger partial charge in [0.1, 0.15) is 5.75 Å². The van der Waals surface area contributed by atoms with Gasteiger partial charge in [0, 0.05) is 66.2 Å².